The van der Waals surface area contributed by atoms with Crippen molar-refractivity contribution in [3.63, 3.8) is 0 Å². The molecular weight excluding hydrogens is 396 g/mol. The first-order valence-corrected chi connectivity index (χ1v) is 9.59. The molecule has 2 aromatic rings. The Morgan fingerprint density at radius 3 is 2.28 bits per heavy atom. The highest BCUT2D eigenvalue weighted by Crippen LogP contribution is 2.26. The number of benzene rings is 2. The number of ketones is 1. The summed E-state index contributed by atoms with van der Waals surface area (Å²) < 4.78 is 5.22. The molecule has 8 nitrogen and oxygen atoms in total. The van der Waals surface area contributed by atoms with Gasteiger partial charge in [-0.2, -0.15) is 0 Å². The number of ether oxygens (including phenoxy) is 1. The summed E-state index contributed by atoms with van der Waals surface area (Å²) >= 11 is 1.16. The minimum Gasteiger partial charge on any atom is -0.452 e. The quantitative estimate of drug-likeness (QED) is 0.228. The maximum absolute atomic E-state index is 12.3. The van der Waals surface area contributed by atoms with E-state index in [1.54, 1.807) is 43.3 Å². The number of para-hydroxylation sites is 1. The summed E-state index contributed by atoms with van der Waals surface area (Å²) in [5.41, 5.74) is 0.670. The molecule has 0 aromatic heterocycles. The predicted molar refractivity (Wildman–Crippen MR) is 109 cm³/mol. The Morgan fingerprint density at radius 1 is 1.07 bits per heavy atom. The molecule has 0 bridgehead atoms. The number of nitrogens with one attached hydrogen (secondary N) is 1. The van der Waals surface area contributed by atoms with Crippen LogP contribution in [-0.2, 0) is 14.3 Å². The first-order valence-electron chi connectivity index (χ1n) is 8.71. The lowest BCUT2D eigenvalue weighted by molar-refractivity contribution is -0.384. The van der Waals surface area contributed by atoms with E-state index >= 15 is 0 Å². The standard InChI is InChI=1S/C20H20N2O6S/c1-12(23)17-6-4-5-7-18(17)21-19(24)13(2)28-20(25)14(3)29-16-10-8-15(9-11-16)22(26)27/h4-11,13-14H,1-3H3,(H,21,24)/t13-,14+/m0/s1. The summed E-state index contributed by atoms with van der Waals surface area (Å²) in [6.07, 6.45) is -1.07. The molecule has 0 heterocycles. The number of non-ortho nitro benzene ring substituents is 1. The maximum Gasteiger partial charge on any atom is 0.319 e. The fourth-order valence-electron chi connectivity index (χ4n) is 2.36. The van der Waals surface area contributed by atoms with Crippen LogP contribution in [0.4, 0.5) is 11.4 Å². The SMILES string of the molecule is CC(=O)c1ccccc1NC(=O)[C@H](C)OC(=O)[C@@H](C)Sc1ccc([N+](=O)[O-])cc1. The normalized spacial score (nSPS) is 12.5. The van der Waals surface area contributed by atoms with Gasteiger partial charge in [0, 0.05) is 22.6 Å². The lowest BCUT2D eigenvalue weighted by Crippen LogP contribution is -2.32. The summed E-state index contributed by atoms with van der Waals surface area (Å²) in [7, 11) is 0. The van der Waals surface area contributed by atoms with Gasteiger partial charge in [-0.05, 0) is 45.0 Å². The first-order chi connectivity index (χ1) is 13.7. The van der Waals surface area contributed by atoms with Crippen LogP contribution < -0.4 is 5.32 Å². The van der Waals surface area contributed by atoms with Gasteiger partial charge in [-0.15, -0.1) is 11.8 Å². The van der Waals surface area contributed by atoms with Gasteiger partial charge in [-0.3, -0.25) is 24.5 Å². The van der Waals surface area contributed by atoms with Crippen molar-refractivity contribution in [1.29, 1.82) is 0 Å². The molecule has 29 heavy (non-hydrogen) atoms. The summed E-state index contributed by atoms with van der Waals surface area (Å²) in [5, 5.41) is 12.7. The lowest BCUT2D eigenvalue weighted by Gasteiger charge is -2.17. The summed E-state index contributed by atoms with van der Waals surface area (Å²) in [5.74, 6) is -1.35. The van der Waals surface area contributed by atoms with Crippen molar-refractivity contribution in [2.45, 2.75) is 37.0 Å². The number of Topliss-reactive ketones (excluding diaryl/α,β-unsaturated/α-hetero) is 1. The largest absolute Gasteiger partial charge is 0.452 e. The van der Waals surface area contributed by atoms with Crippen molar-refractivity contribution in [3.8, 4) is 0 Å². The summed E-state index contributed by atoms with van der Waals surface area (Å²) in [4.78, 5) is 47.1. The zero-order chi connectivity index (χ0) is 21.6. The maximum atomic E-state index is 12.3. The van der Waals surface area contributed by atoms with Gasteiger partial charge in [-0.1, -0.05) is 12.1 Å². The van der Waals surface area contributed by atoms with Gasteiger partial charge in [-0.25, -0.2) is 0 Å². The highest BCUT2D eigenvalue weighted by atomic mass is 32.2. The van der Waals surface area contributed by atoms with Crippen LogP contribution in [-0.4, -0.2) is 33.9 Å². The van der Waals surface area contributed by atoms with Crippen molar-refractivity contribution >= 4 is 40.8 Å². The number of carbonyl (C=O) groups is 3. The van der Waals surface area contributed by atoms with Crippen LogP contribution in [0.15, 0.2) is 53.4 Å². The van der Waals surface area contributed by atoms with Crippen LogP contribution in [0.25, 0.3) is 0 Å². The Labute approximate surface area is 171 Å². The second-order valence-corrected chi connectivity index (χ2v) is 7.60. The summed E-state index contributed by atoms with van der Waals surface area (Å²) in [6, 6.07) is 12.3. The number of hydrogen-bond acceptors (Lipinski definition) is 7. The van der Waals surface area contributed by atoms with Crippen molar-refractivity contribution < 1.29 is 24.0 Å². The average Bonchev–Trinajstić information content (AvgIpc) is 2.68. The Kier molecular flexibility index (Phi) is 7.49. The van der Waals surface area contributed by atoms with E-state index in [1.807, 2.05) is 0 Å². The number of thioether (sulfide) groups is 1. The van der Waals surface area contributed by atoms with Crippen molar-refractivity contribution in [3.05, 3.63) is 64.2 Å². The number of esters is 1. The molecule has 0 saturated carbocycles. The van der Waals surface area contributed by atoms with Crippen molar-refractivity contribution in [1.82, 2.24) is 0 Å². The molecule has 0 aliphatic carbocycles. The van der Waals surface area contributed by atoms with Gasteiger partial charge in [0.25, 0.3) is 11.6 Å². The van der Waals surface area contributed by atoms with Crippen LogP contribution in [0.5, 0.6) is 0 Å². The van der Waals surface area contributed by atoms with Crippen LogP contribution in [0, 0.1) is 10.1 Å². The van der Waals surface area contributed by atoms with Crippen molar-refractivity contribution in [2.75, 3.05) is 5.32 Å². The van der Waals surface area contributed by atoms with Gasteiger partial charge in [0.1, 0.15) is 5.25 Å². The number of nitrogens with zero attached hydrogens (tertiary/aromatic N) is 1. The third kappa shape index (κ3) is 6.15. The monoisotopic (exact) mass is 416 g/mol. The van der Waals surface area contributed by atoms with E-state index in [-0.39, 0.29) is 11.5 Å². The molecule has 1 N–H and O–H groups in total. The Morgan fingerprint density at radius 2 is 1.69 bits per heavy atom. The minimum absolute atomic E-state index is 0.0410. The van der Waals surface area contributed by atoms with Gasteiger partial charge >= 0.3 is 5.97 Å². The molecule has 0 spiro atoms. The topological polar surface area (TPSA) is 116 Å². The molecule has 9 heteroatoms. The van der Waals surface area contributed by atoms with Gasteiger partial charge in [0.05, 0.1) is 10.6 Å². The van der Waals surface area contributed by atoms with Gasteiger partial charge in [0.2, 0.25) is 0 Å². The molecule has 2 rings (SSSR count). The average molecular weight is 416 g/mol. The number of carbonyl (C=O) groups excluding carboxylic acids is 3. The second-order valence-electron chi connectivity index (χ2n) is 6.18. The van der Waals surface area contributed by atoms with E-state index < -0.39 is 28.2 Å². The second kappa shape index (κ2) is 9.83. The summed E-state index contributed by atoms with van der Waals surface area (Å²) in [6.45, 7) is 4.45. The van der Waals surface area contributed by atoms with Crippen LogP contribution >= 0.6 is 11.8 Å². The van der Waals surface area contributed by atoms with Crippen molar-refractivity contribution in [2.24, 2.45) is 0 Å². The number of anilines is 1. The van der Waals surface area contributed by atoms with Crippen LogP contribution in [0.3, 0.4) is 0 Å². The Bertz CT molecular complexity index is 929. The molecule has 0 aliphatic heterocycles. The fraction of sp³-hybridized carbons (Fsp3) is 0.250. The van der Waals surface area contributed by atoms with E-state index in [2.05, 4.69) is 5.32 Å². The lowest BCUT2D eigenvalue weighted by atomic mass is 10.1. The van der Waals surface area contributed by atoms with E-state index in [0.717, 1.165) is 11.8 Å². The van der Waals surface area contributed by atoms with Crippen LogP contribution in [0.2, 0.25) is 0 Å². The molecular formula is C20H20N2O6S. The molecule has 1 amide bonds. The Hall–Kier alpha value is -3.20. The molecule has 0 saturated heterocycles. The highest BCUT2D eigenvalue weighted by Gasteiger charge is 2.23. The smallest absolute Gasteiger partial charge is 0.319 e. The van der Waals surface area contributed by atoms with E-state index in [9.17, 15) is 24.5 Å². The van der Waals surface area contributed by atoms with Gasteiger partial charge < -0.3 is 10.1 Å². The molecule has 0 fully saturated rings. The number of rotatable bonds is 8. The minimum atomic E-state index is -1.07. The Balaban J connectivity index is 1.94. The molecule has 2 aromatic carbocycles. The highest BCUT2D eigenvalue weighted by molar-refractivity contribution is 8.00. The third-order valence-electron chi connectivity index (χ3n) is 3.92. The van der Waals surface area contributed by atoms with E-state index in [4.69, 9.17) is 4.74 Å². The molecule has 0 radical (unpaired) electrons. The van der Waals surface area contributed by atoms with E-state index in [0.29, 0.717) is 16.1 Å². The molecule has 2 atom stereocenters. The molecule has 152 valence electrons. The predicted octanol–water partition coefficient (Wildman–Crippen LogP) is 3.85. The number of nitro groups is 1. The number of hydrogen-bond donors (Lipinski definition) is 1. The number of nitro benzene ring substituents is 1. The van der Waals surface area contributed by atoms with Gasteiger partial charge in [0.15, 0.2) is 11.9 Å². The zero-order valence-electron chi connectivity index (χ0n) is 16.1. The zero-order valence-corrected chi connectivity index (χ0v) is 16.9. The fourth-order valence-corrected chi connectivity index (χ4v) is 3.21. The van der Waals surface area contributed by atoms with Crippen LogP contribution in [0.1, 0.15) is 31.1 Å². The molecule has 0 unspecified atom stereocenters. The first kappa shape index (κ1) is 22.1. The van der Waals surface area contributed by atoms with E-state index in [1.165, 1.54) is 26.0 Å². The number of amides is 1. The third-order valence-corrected chi connectivity index (χ3v) is 5.01. The molecule has 0 aliphatic rings.